The van der Waals surface area contributed by atoms with Gasteiger partial charge < -0.3 is 19.7 Å². The predicted molar refractivity (Wildman–Crippen MR) is 37.9 cm³/mol. The van der Waals surface area contributed by atoms with E-state index in [2.05, 4.69) is 0 Å². The molecule has 12 heavy (non-hydrogen) atoms. The number of nitrogens with zero attached hydrogens (tertiary/aromatic N) is 1. The summed E-state index contributed by atoms with van der Waals surface area (Å²) >= 11 is 0. The minimum atomic E-state index is -1.15. The Balaban J connectivity index is 2.60. The van der Waals surface area contributed by atoms with Crippen LogP contribution in [0.2, 0.25) is 0 Å². The molecule has 1 heterocycles. The number of methoxy groups -OCH3 is 1. The molecule has 1 aliphatic heterocycles. The minimum absolute atomic E-state index is 0.0905. The van der Waals surface area contributed by atoms with Gasteiger partial charge in [0.05, 0.1) is 18.6 Å². The molecule has 1 fully saturated rings. The van der Waals surface area contributed by atoms with Crippen LogP contribution in [0.5, 0.6) is 0 Å². The van der Waals surface area contributed by atoms with Crippen LogP contribution >= 0.6 is 0 Å². The Morgan fingerprint density at radius 2 is 2.17 bits per heavy atom. The van der Waals surface area contributed by atoms with E-state index in [9.17, 15) is 10.2 Å². The van der Waals surface area contributed by atoms with Gasteiger partial charge in [0.25, 0.3) is 0 Å². The van der Waals surface area contributed by atoms with Crippen molar-refractivity contribution >= 4 is 0 Å². The molecule has 1 saturated heterocycles. The van der Waals surface area contributed by atoms with Crippen LogP contribution in [0.4, 0.5) is 0 Å². The fourth-order valence-corrected chi connectivity index (χ4v) is 1.12. The van der Waals surface area contributed by atoms with Crippen LogP contribution < -0.4 is 0 Å². The Hall–Kier alpha value is -0.670. The van der Waals surface area contributed by atoms with Gasteiger partial charge in [0.15, 0.2) is 6.29 Å². The van der Waals surface area contributed by atoms with Crippen molar-refractivity contribution in [3.05, 3.63) is 0 Å². The number of aliphatic hydroxyl groups is 2. The smallest absolute Gasteiger partial charge is 0.185 e. The van der Waals surface area contributed by atoms with E-state index in [-0.39, 0.29) is 6.61 Å². The summed E-state index contributed by atoms with van der Waals surface area (Å²) in [7, 11) is 1.37. The highest BCUT2D eigenvalue weighted by Crippen LogP contribution is 2.19. The third kappa shape index (κ3) is 1.57. The molecule has 0 aromatic carbocycles. The first-order chi connectivity index (χ1) is 5.70. The van der Waals surface area contributed by atoms with Crippen molar-refractivity contribution in [3.8, 4) is 6.07 Å². The van der Waals surface area contributed by atoms with Crippen molar-refractivity contribution in [2.45, 2.75) is 18.5 Å². The number of hydrogen-bond acceptors (Lipinski definition) is 5. The van der Waals surface area contributed by atoms with Gasteiger partial charge in [0.1, 0.15) is 12.2 Å². The quantitative estimate of drug-likeness (QED) is 0.523. The lowest BCUT2D eigenvalue weighted by atomic mass is 9.97. The summed E-state index contributed by atoms with van der Waals surface area (Å²) in [5, 5.41) is 27.1. The zero-order valence-electron chi connectivity index (χ0n) is 6.67. The molecule has 5 nitrogen and oxygen atoms in total. The van der Waals surface area contributed by atoms with Gasteiger partial charge in [-0.1, -0.05) is 0 Å². The molecule has 1 aliphatic rings. The number of hydrogen-bond donors (Lipinski definition) is 2. The van der Waals surface area contributed by atoms with Crippen molar-refractivity contribution in [1.29, 1.82) is 5.26 Å². The summed E-state index contributed by atoms with van der Waals surface area (Å²) in [5.41, 5.74) is 0. The molecule has 1 rings (SSSR count). The Bertz CT molecular complexity index is 190. The van der Waals surface area contributed by atoms with E-state index >= 15 is 0 Å². The van der Waals surface area contributed by atoms with E-state index in [1.807, 2.05) is 6.07 Å². The van der Waals surface area contributed by atoms with E-state index in [4.69, 9.17) is 14.7 Å². The summed E-state index contributed by atoms with van der Waals surface area (Å²) in [6, 6.07) is 1.84. The summed E-state index contributed by atoms with van der Waals surface area (Å²) in [5.74, 6) is -0.675. The summed E-state index contributed by atoms with van der Waals surface area (Å²) in [6.45, 7) is 0.0905. The molecule has 0 saturated carbocycles. The van der Waals surface area contributed by atoms with E-state index < -0.39 is 24.4 Å². The molecule has 0 aliphatic carbocycles. The molecule has 68 valence electrons. The topological polar surface area (TPSA) is 82.7 Å². The van der Waals surface area contributed by atoms with Crippen LogP contribution in [0, 0.1) is 17.2 Å². The number of ether oxygens (including phenoxy) is 2. The first-order valence-corrected chi connectivity index (χ1v) is 3.61. The van der Waals surface area contributed by atoms with E-state index in [1.165, 1.54) is 7.11 Å². The van der Waals surface area contributed by atoms with Crippen LogP contribution in [-0.2, 0) is 9.47 Å². The van der Waals surface area contributed by atoms with Crippen molar-refractivity contribution in [2.24, 2.45) is 5.92 Å². The van der Waals surface area contributed by atoms with Crippen LogP contribution in [0.15, 0.2) is 0 Å². The largest absolute Gasteiger partial charge is 0.389 e. The predicted octanol–water partition coefficient (Wildman–Crippen LogP) is -1.15. The molecular weight excluding hydrogens is 162 g/mol. The molecule has 0 aromatic rings. The standard InChI is InChI=1S/C7H11NO4/c1-11-7-6(10)5(9)4(2-8)3-12-7/h4-7,9-10H,3H2,1H3/t4-,5+,6+,7+/m1/s1. The van der Waals surface area contributed by atoms with Crippen LogP contribution in [0.1, 0.15) is 0 Å². The maximum absolute atomic E-state index is 9.31. The monoisotopic (exact) mass is 173 g/mol. The average molecular weight is 173 g/mol. The molecule has 5 heteroatoms. The van der Waals surface area contributed by atoms with Gasteiger partial charge in [-0.2, -0.15) is 5.26 Å². The lowest BCUT2D eigenvalue weighted by Crippen LogP contribution is -2.50. The molecular formula is C7H11NO4. The highest BCUT2D eigenvalue weighted by atomic mass is 16.7. The van der Waals surface area contributed by atoms with Gasteiger partial charge >= 0.3 is 0 Å². The number of rotatable bonds is 1. The van der Waals surface area contributed by atoms with E-state index in [1.54, 1.807) is 0 Å². The summed E-state index contributed by atoms with van der Waals surface area (Å²) in [6.07, 6.45) is -3.06. The maximum Gasteiger partial charge on any atom is 0.185 e. The van der Waals surface area contributed by atoms with Crippen LogP contribution in [0.25, 0.3) is 0 Å². The van der Waals surface area contributed by atoms with Crippen molar-refractivity contribution in [1.82, 2.24) is 0 Å². The third-order valence-corrected chi connectivity index (χ3v) is 1.88. The molecule has 0 aromatic heterocycles. The summed E-state index contributed by atoms with van der Waals surface area (Å²) < 4.78 is 9.68. The van der Waals surface area contributed by atoms with E-state index in [0.717, 1.165) is 0 Å². The molecule has 4 atom stereocenters. The highest BCUT2D eigenvalue weighted by Gasteiger charge is 2.38. The Kier molecular flexibility index (Phi) is 3.00. The molecule has 0 unspecified atom stereocenters. The van der Waals surface area contributed by atoms with Crippen molar-refractivity contribution in [3.63, 3.8) is 0 Å². The van der Waals surface area contributed by atoms with Crippen molar-refractivity contribution < 1.29 is 19.7 Å². The second kappa shape index (κ2) is 3.83. The first-order valence-electron chi connectivity index (χ1n) is 3.61. The van der Waals surface area contributed by atoms with Gasteiger partial charge in [-0.25, -0.2) is 0 Å². The first kappa shape index (κ1) is 9.42. The van der Waals surface area contributed by atoms with Crippen LogP contribution in [-0.4, -0.2) is 42.4 Å². The molecule has 0 spiro atoms. The van der Waals surface area contributed by atoms with Gasteiger partial charge in [-0.3, -0.25) is 0 Å². The zero-order chi connectivity index (χ0) is 9.14. The molecule has 0 amide bonds. The lowest BCUT2D eigenvalue weighted by molar-refractivity contribution is -0.243. The second-order valence-corrected chi connectivity index (χ2v) is 2.65. The SMILES string of the molecule is CO[C@H]1OC[C@@H](C#N)[C@H](O)[C@@H]1O. The number of nitriles is 1. The van der Waals surface area contributed by atoms with E-state index in [0.29, 0.717) is 0 Å². The van der Waals surface area contributed by atoms with Gasteiger partial charge in [0, 0.05) is 7.11 Å². The Morgan fingerprint density at radius 3 is 2.67 bits per heavy atom. The Labute approximate surface area is 70.1 Å². The average Bonchev–Trinajstić information content (AvgIpc) is 2.10. The normalized spacial score (nSPS) is 42.2. The second-order valence-electron chi connectivity index (χ2n) is 2.65. The lowest BCUT2D eigenvalue weighted by Gasteiger charge is -2.33. The molecule has 2 N–H and O–H groups in total. The number of aliphatic hydroxyl groups excluding tert-OH is 2. The van der Waals surface area contributed by atoms with Gasteiger partial charge in [-0.15, -0.1) is 0 Å². The van der Waals surface area contributed by atoms with Gasteiger partial charge in [0.2, 0.25) is 0 Å². The highest BCUT2D eigenvalue weighted by molar-refractivity contribution is 4.95. The fourth-order valence-electron chi connectivity index (χ4n) is 1.12. The minimum Gasteiger partial charge on any atom is -0.389 e. The zero-order valence-corrected chi connectivity index (χ0v) is 6.67. The van der Waals surface area contributed by atoms with Crippen LogP contribution in [0.3, 0.4) is 0 Å². The van der Waals surface area contributed by atoms with Crippen molar-refractivity contribution in [2.75, 3.05) is 13.7 Å². The molecule has 0 radical (unpaired) electrons. The fraction of sp³-hybridized carbons (Fsp3) is 0.857. The summed E-state index contributed by atoms with van der Waals surface area (Å²) in [4.78, 5) is 0. The maximum atomic E-state index is 9.31. The third-order valence-electron chi connectivity index (χ3n) is 1.88. The molecule has 0 bridgehead atoms. The Morgan fingerprint density at radius 1 is 1.50 bits per heavy atom. The van der Waals surface area contributed by atoms with Gasteiger partial charge in [-0.05, 0) is 0 Å².